The van der Waals surface area contributed by atoms with Crippen LogP contribution < -0.4 is 10.1 Å². The predicted molar refractivity (Wildman–Crippen MR) is 95.5 cm³/mol. The Morgan fingerprint density at radius 3 is 2.58 bits per heavy atom. The van der Waals surface area contributed by atoms with Crippen molar-refractivity contribution < 1.29 is 18.8 Å². The van der Waals surface area contributed by atoms with Crippen molar-refractivity contribution in [2.75, 3.05) is 0 Å². The van der Waals surface area contributed by atoms with E-state index in [1.807, 2.05) is 37.3 Å². The largest absolute Gasteiger partial charge is 0.474 e. The lowest BCUT2D eigenvalue weighted by atomic mass is 10.1. The van der Waals surface area contributed by atoms with Crippen LogP contribution in [-0.2, 0) is 11.2 Å². The zero-order valence-electron chi connectivity index (χ0n) is 14.6. The van der Waals surface area contributed by atoms with Crippen molar-refractivity contribution in [3.8, 4) is 5.75 Å². The van der Waals surface area contributed by atoms with Crippen LogP contribution in [0, 0.1) is 15.9 Å². The number of aryl methyl sites for hydroxylation is 1. The molecule has 0 aliphatic rings. The molecule has 138 valence electrons. The Kier molecular flexibility index (Phi) is 6.66. The minimum Gasteiger partial charge on any atom is -0.474 e. The highest BCUT2D eigenvalue weighted by molar-refractivity contribution is 5.81. The van der Waals surface area contributed by atoms with Gasteiger partial charge in [0.1, 0.15) is 5.82 Å². The first kappa shape index (κ1) is 19.4. The average Bonchev–Trinajstić information content (AvgIpc) is 2.60. The number of carbonyl (C=O) groups is 1. The van der Waals surface area contributed by atoms with Gasteiger partial charge in [-0.25, -0.2) is 4.39 Å². The van der Waals surface area contributed by atoms with Gasteiger partial charge in [-0.1, -0.05) is 30.3 Å². The van der Waals surface area contributed by atoms with E-state index in [0.29, 0.717) is 0 Å². The fraction of sp³-hybridized carbons (Fsp3) is 0.316. The van der Waals surface area contributed by atoms with Crippen LogP contribution in [0.15, 0.2) is 48.5 Å². The van der Waals surface area contributed by atoms with Crippen molar-refractivity contribution in [3.63, 3.8) is 0 Å². The zero-order valence-corrected chi connectivity index (χ0v) is 14.6. The SMILES string of the molecule is C[C@H](CCc1ccccc1)NC(=O)[C@@H](C)Oc1cc(F)ccc1[N+](=O)[O-]. The molecule has 0 radical (unpaired) electrons. The molecule has 7 heteroatoms. The van der Waals surface area contributed by atoms with E-state index >= 15 is 0 Å². The Morgan fingerprint density at radius 1 is 1.23 bits per heavy atom. The summed E-state index contributed by atoms with van der Waals surface area (Å²) in [5.74, 6) is -1.35. The summed E-state index contributed by atoms with van der Waals surface area (Å²) in [5, 5.41) is 13.8. The molecular weight excluding hydrogens is 339 g/mol. The lowest BCUT2D eigenvalue weighted by Gasteiger charge is -2.18. The Morgan fingerprint density at radius 2 is 1.92 bits per heavy atom. The minimum atomic E-state index is -0.991. The van der Waals surface area contributed by atoms with Crippen LogP contribution in [0.2, 0.25) is 0 Å². The normalized spacial score (nSPS) is 12.9. The van der Waals surface area contributed by atoms with Gasteiger partial charge in [0.2, 0.25) is 5.75 Å². The van der Waals surface area contributed by atoms with Gasteiger partial charge in [-0.05, 0) is 38.3 Å². The van der Waals surface area contributed by atoms with Crippen LogP contribution >= 0.6 is 0 Å². The van der Waals surface area contributed by atoms with E-state index in [0.717, 1.165) is 31.0 Å². The number of ether oxygens (including phenoxy) is 1. The summed E-state index contributed by atoms with van der Waals surface area (Å²) in [6.07, 6.45) is 0.560. The quantitative estimate of drug-likeness (QED) is 0.576. The minimum absolute atomic E-state index is 0.101. The lowest BCUT2D eigenvalue weighted by Crippen LogP contribution is -2.41. The van der Waals surface area contributed by atoms with Gasteiger partial charge in [0.25, 0.3) is 5.91 Å². The number of benzene rings is 2. The molecule has 0 heterocycles. The number of rotatable bonds is 8. The number of halogens is 1. The molecule has 0 spiro atoms. The molecule has 0 aromatic heterocycles. The number of carbonyl (C=O) groups excluding carboxylic acids is 1. The third kappa shape index (κ3) is 5.54. The van der Waals surface area contributed by atoms with Crippen molar-refractivity contribution in [3.05, 3.63) is 70.0 Å². The lowest BCUT2D eigenvalue weighted by molar-refractivity contribution is -0.386. The highest BCUT2D eigenvalue weighted by atomic mass is 19.1. The van der Waals surface area contributed by atoms with Crippen molar-refractivity contribution in [1.82, 2.24) is 5.32 Å². The second-order valence-electron chi connectivity index (χ2n) is 6.06. The molecule has 0 aliphatic heterocycles. The van der Waals surface area contributed by atoms with E-state index in [1.54, 1.807) is 0 Å². The van der Waals surface area contributed by atoms with Gasteiger partial charge in [-0.3, -0.25) is 14.9 Å². The van der Waals surface area contributed by atoms with Gasteiger partial charge in [-0.15, -0.1) is 0 Å². The first-order chi connectivity index (χ1) is 12.4. The molecule has 0 fully saturated rings. The van der Waals surface area contributed by atoms with Crippen LogP contribution in [0.1, 0.15) is 25.8 Å². The topological polar surface area (TPSA) is 81.5 Å². The van der Waals surface area contributed by atoms with Crippen molar-refractivity contribution in [2.24, 2.45) is 0 Å². The van der Waals surface area contributed by atoms with Crippen LogP contribution in [0.5, 0.6) is 5.75 Å². The maximum Gasteiger partial charge on any atom is 0.311 e. The molecule has 2 aromatic rings. The number of hydrogen-bond acceptors (Lipinski definition) is 4. The van der Waals surface area contributed by atoms with Gasteiger partial charge in [0.05, 0.1) is 4.92 Å². The number of nitro groups is 1. The molecular formula is C19H21FN2O4. The molecule has 0 aliphatic carbocycles. The summed E-state index contributed by atoms with van der Waals surface area (Å²) in [4.78, 5) is 22.5. The summed E-state index contributed by atoms with van der Waals surface area (Å²) in [6, 6.07) is 12.7. The Hall–Kier alpha value is -2.96. The van der Waals surface area contributed by atoms with Crippen LogP contribution in [0.25, 0.3) is 0 Å². The van der Waals surface area contributed by atoms with Crippen molar-refractivity contribution in [2.45, 2.75) is 38.8 Å². The van der Waals surface area contributed by atoms with Gasteiger partial charge in [0, 0.05) is 18.2 Å². The number of nitrogens with zero attached hydrogens (tertiary/aromatic N) is 1. The summed E-state index contributed by atoms with van der Waals surface area (Å²) >= 11 is 0. The van der Waals surface area contributed by atoms with E-state index in [2.05, 4.69) is 5.32 Å². The molecule has 2 aromatic carbocycles. The van der Waals surface area contributed by atoms with Crippen LogP contribution in [0.3, 0.4) is 0 Å². The fourth-order valence-electron chi connectivity index (χ4n) is 2.44. The third-order valence-electron chi connectivity index (χ3n) is 3.89. The second-order valence-corrected chi connectivity index (χ2v) is 6.06. The van der Waals surface area contributed by atoms with Crippen molar-refractivity contribution in [1.29, 1.82) is 0 Å². The standard InChI is InChI=1S/C19H21FN2O4/c1-13(8-9-15-6-4-3-5-7-15)21-19(23)14(2)26-18-12-16(20)10-11-17(18)22(24)25/h3-7,10-14H,8-9H2,1-2H3,(H,21,23)/t13-,14-/m1/s1. The third-order valence-corrected chi connectivity index (χ3v) is 3.89. The van der Waals surface area contributed by atoms with E-state index in [9.17, 15) is 19.3 Å². The number of hydrogen-bond donors (Lipinski definition) is 1. The van der Waals surface area contributed by atoms with E-state index in [1.165, 1.54) is 12.5 Å². The maximum absolute atomic E-state index is 13.3. The van der Waals surface area contributed by atoms with E-state index in [4.69, 9.17) is 4.74 Å². The first-order valence-electron chi connectivity index (χ1n) is 8.31. The van der Waals surface area contributed by atoms with Gasteiger partial charge in [-0.2, -0.15) is 0 Å². The monoisotopic (exact) mass is 360 g/mol. The Balaban J connectivity index is 1.91. The fourth-order valence-corrected chi connectivity index (χ4v) is 2.44. The van der Waals surface area contributed by atoms with E-state index < -0.39 is 22.8 Å². The number of nitrogens with one attached hydrogen (secondary N) is 1. The van der Waals surface area contributed by atoms with Gasteiger partial charge >= 0.3 is 5.69 Å². The summed E-state index contributed by atoms with van der Waals surface area (Å²) in [7, 11) is 0. The molecule has 0 bridgehead atoms. The highest BCUT2D eigenvalue weighted by Gasteiger charge is 2.22. The summed E-state index contributed by atoms with van der Waals surface area (Å²) < 4.78 is 18.7. The molecule has 1 N–H and O–H groups in total. The number of nitro benzene ring substituents is 1. The summed E-state index contributed by atoms with van der Waals surface area (Å²) in [6.45, 7) is 3.34. The predicted octanol–water partition coefficient (Wildman–Crippen LogP) is 3.64. The molecule has 0 unspecified atom stereocenters. The molecule has 0 saturated carbocycles. The average molecular weight is 360 g/mol. The molecule has 2 rings (SSSR count). The first-order valence-corrected chi connectivity index (χ1v) is 8.31. The summed E-state index contributed by atoms with van der Waals surface area (Å²) in [5.41, 5.74) is 0.788. The highest BCUT2D eigenvalue weighted by Crippen LogP contribution is 2.28. The Bertz CT molecular complexity index is 767. The van der Waals surface area contributed by atoms with E-state index in [-0.39, 0.29) is 17.5 Å². The molecule has 6 nitrogen and oxygen atoms in total. The maximum atomic E-state index is 13.3. The number of amides is 1. The van der Waals surface area contributed by atoms with Gasteiger partial charge in [0.15, 0.2) is 6.10 Å². The molecule has 2 atom stereocenters. The molecule has 26 heavy (non-hydrogen) atoms. The van der Waals surface area contributed by atoms with Gasteiger partial charge < -0.3 is 10.1 Å². The van der Waals surface area contributed by atoms with Crippen molar-refractivity contribution >= 4 is 11.6 Å². The zero-order chi connectivity index (χ0) is 19.1. The Labute approximate surface area is 151 Å². The van der Waals surface area contributed by atoms with Crippen LogP contribution in [0.4, 0.5) is 10.1 Å². The van der Waals surface area contributed by atoms with Crippen LogP contribution in [-0.4, -0.2) is 23.0 Å². The smallest absolute Gasteiger partial charge is 0.311 e. The second kappa shape index (κ2) is 8.94. The molecule has 0 saturated heterocycles. The molecule has 1 amide bonds.